The van der Waals surface area contributed by atoms with Crippen molar-refractivity contribution in [2.75, 3.05) is 39.8 Å². The zero-order valence-corrected chi connectivity index (χ0v) is 9.99. The van der Waals surface area contributed by atoms with Crippen LogP contribution >= 0.6 is 0 Å². The third-order valence-electron chi connectivity index (χ3n) is 4.00. The lowest BCUT2D eigenvalue weighted by molar-refractivity contribution is 0.123. The number of rotatable bonds is 2. The molecule has 15 heavy (non-hydrogen) atoms. The summed E-state index contributed by atoms with van der Waals surface area (Å²) in [4.78, 5) is 5.06. The van der Waals surface area contributed by atoms with Gasteiger partial charge in [-0.3, -0.25) is 0 Å². The number of piperazine rings is 1. The van der Waals surface area contributed by atoms with Crippen molar-refractivity contribution in [1.82, 2.24) is 9.80 Å². The predicted molar refractivity (Wildman–Crippen MR) is 63.9 cm³/mol. The van der Waals surface area contributed by atoms with E-state index >= 15 is 0 Å². The highest BCUT2D eigenvalue weighted by Gasteiger charge is 2.22. The van der Waals surface area contributed by atoms with Gasteiger partial charge in [0, 0.05) is 38.8 Å². The van der Waals surface area contributed by atoms with E-state index in [0.717, 1.165) is 5.92 Å². The molecule has 88 valence electrons. The number of nitrogens with zero attached hydrogens (tertiary/aromatic N) is 2. The van der Waals surface area contributed by atoms with Gasteiger partial charge >= 0.3 is 0 Å². The second-order valence-electron chi connectivity index (χ2n) is 5.38. The lowest BCUT2D eigenvalue weighted by Gasteiger charge is -2.36. The van der Waals surface area contributed by atoms with Gasteiger partial charge in [-0.05, 0) is 38.6 Å². The summed E-state index contributed by atoms with van der Waals surface area (Å²) in [6, 6.07) is 0.494. The molecule has 3 heteroatoms. The summed E-state index contributed by atoms with van der Waals surface area (Å²) < 4.78 is 0. The Morgan fingerprint density at radius 1 is 1.00 bits per heavy atom. The Morgan fingerprint density at radius 3 is 2.20 bits per heavy atom. The van der Waals surface area contributed by atoms with Gasteiger partial charge in [0.05, 0.1) is 0 Å². The Morgan fingerprint density at radius 2 is 1.60 bits per heavy atom. The first-order chi connectivity index (χ1) is 7.24. The quantitative estimate of drug-likeness (QED) is 0.731. The van der Waals surface area contributed by atoms with Crippen molar-refractivity contribution in [2.45, 2.75) is 31.7 Å². The molecule has 0 spiro atoms. The second kappa shape index (κ2) is 5.28. The normalized spacial score (nSPS) is 35.6. The van der Waals surface area contributed by atoms with Crippen LogP contribution in [0.2, 0.25) is 0 Å². The Hall–Kier alpha value is -0.120. The van der Waals surface area contributed by atoms with Crippen LogP contribution in [0, 0.1) is 5.92 Å². The second-order valence-corrected chi connectivity index (χ2v) is 5.38. The summed E-state index contributed by atoms with van der Waals surface area (Å²) in [6.45, 7) is 6.33. The van der Waals surface area contributed by atoms with Crippen molar-refractivity contribution >= 4 is 0 Å². The van der Waals surface area contributed by atoms with Crippen LogP contribution < -0.4 is 5.73 Å². The Kier molecular flexibility index (Phi) is 4.00. The molecule has 0 amide bonds. The molecule has 0 aromatic heterocycles. The van der Waals surface area contributed by atoms with Crippen molar-refractivity contribution in [2.24, 2.45) is 11.7 Å². The number of hydrogen-bond donors (Lipinski definition) is 1. The first kappa shape index (κ1) is 11.4. The zero-order valence-electron chi connectivity index (χ0n) is 9.99. The fourth-order valence-electron chi connectivity index (χ4n) is 2.77. The van der Waals surface area contributed by atoms with Gasteiger partial charge in [0.2, 0.25) is 0 Å². The topological polar surface area (TPSA) is 32.5 Å². The minimum atomic E-state index is 0.494. The van der Waals surface area contributed by atoms with E-state index in [0.29, 0.717) is 6.04 Å². The van der Waals surface area contributed by atoms with Gasteiger partial charge in [-0.15, -0.1) is 0 Å². The molecule has 2 rings (SSSR count). The Balaban J connectivity index is 1.68. The van der Waals surface area contributed by atoms with Crippen LogP contribution in [-0.4, -0.2) is 55.6 Å². The minimum absolute atomic E-state index is 0.494. The maximum atomic E-state index is 5.93. The first-order valence-corrected chi connectivity index (χ1v) is 6.40. The molecule has 3 nitrogen and oxygen atoms in total. The van der Waals surface area contributed by atoms with Crippen molar-refractivity contribution in [1.29, 1.82) is 0 Å². The van der Waals surface area contributed by atoms with E-state index in [1.54, 1.807) is 0 Å². The molecule has 0 unspecified atom stereocenters. The highest BCUT2D eigenvalue weighted by Crippen LogP contribution is 2.24. The molecule has 1 saturated heterocycles. The van der Waals surface area contributed by atoms with Crippen molar-refractivity contribution in [3.63, 3.8) is 0 Å². The van der Waals surface area contributed by atoms with E-state index < -0.39 is 0 Å². The van der Waals surface area contributed by atoms with Crippen LogP contribution in [0.5, 0.6) is 0 Å². The fourth-order valence-corrected chi connectivity index (χ4v) is 2.77. The van der Waals surface area contributed by atoms with Crippen LogP contribution in [0.4, 0.5) is 0 Å². The molecule has 0 aromatic carbocycles. The van der Waals surface area contributed by atoms with Crippen LogP contribution in [-0.2, 0) is 0 Å². The molecule has 0 atom stereocenters. The van der Waals surface area contributed by atoms with Crippen molar-refractivity contribution < 1.29 is 0 Å². The van der Waals surface area contributed by atoms with Crippen molar-refractivity contribution in [3.05, 3.63) is 0 Å². The first-order valence-electron chi connectivity index (χ1n) is 6.40. The van der Waals surface area contributed by atoms with Gasteiger partial charge < -0.3 is 15.5 Å². The van der Waals surface area contributed by atoms with E-state index in [1.165, 1.54) is 58.4 Å². The molecule has 0 aromatic rings. The highest BCUT2D eigenvalue weighted by atomic mass is 15.2. The van der Waals surface area contributed by atoms with Gasteiger partial charge in [-0.25, -0.2) is 0 Å². The molecule has 1 aliphatic heterocycles. The standard InChI is InChI=1S/C12H25N3/c1-14-6-8-15(9-7-14)10-11-2-4-12(13)5-3-11/h11-12H,2-10,13H2,1H3. The third-order valence-corrected chi connectivity index (χ3v) is 4.00. The van der Waals surface area contributed by atoms with E-state index in [9.17, 15) is 0 Å². The number of likely N-dealkylation sites (N-methyl/N-ethyl adjacent to an activating group) is 1. The summed E-state index contributed by atoms with van der Waals surface area (Å²) in [5.74, 6) is 0.924. The lowest BCUT2D eigenvalue weighted by Crippen LogP contribution is -2.46. The molecule has 1 aliphatic carbocycles. The highest BCUT2D eigenvalue weighted by molar-refractivity contribution is 4.78. The molecular weight excluding hydrogens is 186 g/mol. The fraction of sp³-hybridized carbons (Fsp3) is 1.00. The van der Waals surface area contributed by atoms with Gasteiger partial charge in [0.15, 0.2) is 0 Å². The molecule has 1 heterocycles. The zero-order chi connectivity index (χ0) is 10.7. The average molecular weight is 211 g/mol. The van der Waals surface area contributed by atoms with Crippen molar-refractivity contribution in [3.8, 4) is 0 Å². The van der Waals surface area contributed by atoms with Gasteiger partial charge in [-0.2, -0.15) is 0 Å². The Bertz CT molecular complexity index is 159. The minimum Gasteiger partial charge on any atom is -0.328 e. The molecule has 0 bridgehead atoms. The lowest BCUT2D eigenvalue weighted by atomic mass is 9.86. The SMILES string of the molecule is CN1CCN(CC2CCC(N)CC2)CC1. The van der Waals surface area contributed by atoms with Crippen LogP contribution in [0.1, 0.15) is 25.7 Å². The third kappa shape index (κ3) is 3.44. The van der Waals surface area contributed by atoms with Gasteiger partial charge in [-0.1, -0.05) is 0 Å². The number of nitrogens with two attached hydrogens (primary N) is 1. The van der Waals surface area contributed by atoms with Gasteiger partial charge in [0.25, 0.3) is 0 Å². The molecule has 2 fully saturated rings. The molecule has 0 radical (unpaired) electrons. The Labute approximate surface area is 93.6 Å². The smallest absolute Gasteiger partial charge is 0.0110 e. The average Bonchev–Trinajstić information content (AvgIpc) is 2.25. The maximum Gasteiger partial charge on any atom is 0.0110 e. The molecular formula is C12H25N3. The van der Waals surface area contributed by atoms with E-state index in [2.05, 4.69) is 16.8 Å². The maximum absolute atomic E-state index is 5.93. The van der Waals surface area contributed by atoms with Gasteiger partial charge in [0.1, 0.15) is 0 Å². The largest absolute Gasteiger partial charge is 0.328 e. The molecule has 2 aliphatic rings. The number of hydrogen-bond acceptors (Lipinski definition) is 3. The van der Waals surface area contributed by atoms with Crippen LogP contribution in [0.25, 0.3) is 0 Å². The molecule has 2 N–H and O–H groups in total. The van der Waals surface area contributed by atoms with E-state index in [4.69, 9.17) is 5.73 Å². The predicted octanol–water partition coefficient (Wildman–Crippen LogP) is 0.751. The van der Waals surface area contributed by atoms with E-state index in [1.807, 2.05) is 0 Å². The van der Waals surface area contributed by atoms with Crippen LogP contribution in [0.15, 0.2) is 0 Å². The summed E-state index contributed by atoms with van der Waals surface area (Å²) >= 11 is 0. The van der Waals surface area contributed by atoms with E-state index in [-0.39, 0.29) is 0 Å². The summed E-state index contributed by atoms with van der Waals surface area (Å²) in [7, 11) is 2.22. The van der Waals surface area contributed by atoms with Crippen LogP contribution in [0.3, 0.4) is 0 Å². The summed E-state index contributed by atoms with van der Waals surface area (Å²) in [5, 5.41) is 0. The monoisotopic (exact) mass is 211 g/mol. The molecule has 1 saturated carbocycles. The summed E-state index contributed by atoms with van der Waals surface area (Å²) in [5.41, 5.74) is 5.93. The summed E-state index contributed by atoms with van der Waals surface area (Å²) in [6.07, 6.45) is 5.21.